The Morgan fingerprint density at radius 2 is 1.85 bits per heavy atom. The third-order valence-corrected chi connectivity index (χ3v) is 7.82. The van der Waals surface area contributed by atoms with Crippen molar-refractivity contribution >= 4 is 17.3 Å². The van der Waals surface area contributed by atoms with E-state index in [1.807, 2.05) is 0 Å². The van der Waals surface area contributed by atoms with Gasteiger partial charge < -0.3 is 45.5 Å². The minimum Gasteiger partial charge on any atom is -0.507 e. The fraction of sp³-hybridized carbons (Fsp3) is 0.444. The van der Waals surface area contributed by atoms with Crippen molar-refractivity contribution in [1.82, 2.24) is 0 Å². The van der Waals surface area contributed by atoms with Gasteiger partial charge in [-0.1, -0.05) is 12.1 Å². The number of hydrogen-bond acceptors (Lipinski definition) is 12. The fourth-order valence-electron chi connectivity index (χ4n) is 5.80. The van der Waals surface area contributed by atoms with E-state index in [-0.39, 0.29) is 34.4 Å². The molecule has 0 spiro atoms. The maximum absolute atomic E-state index is 13.7. The zero-order valence-electron chi connectivity index (χ0n) is 21.5. The van der Waals surface area contributed by atoms with Crippen molar-refractivity contribution in [3.8, 4) is 17.2 Å². The average Bonchev–Trinajstić information content (AvgIpc) is 2.90. The molecule has 1 heterocycles. The zero-order chi connectivity index (χ0) is 29.3. The number of carbonyl (C=O) groups is 3. The van der Waals surface area contributed by atoms with Gasteiger partial charge >= 0.3 is 0 Å². The third-order valence-electron chi connectivity index (χ3n) is 7.82. The van der Waals surface area contributed by atoms with Crippen LogP contribution in [0.4, 0.5) is 4.39 Å². The highest BCUT2D eigenvalue weighted by atomic mass is 19.1. The van der Waals surface area contributed by atoms with E-state index in [9.17, 15) is 44.3 Å². The molecule has 2 aromatic carbocycles. The lowest BCUT2D eigenvalue weighted by molar-refractivity contribution is -0.247. The molecule has 214 valence electrons. The first kappa shape index (κ1) is 28.1. The number of nitrogens with two attached hydrogens (primary N) is 1. The van der Waals surface area contributed by atoms with E-state index < -0.39 is 95.4 Å². The summed E-state index contributed by atoms with van der Waals surface area (Å²) in [7, 11) is 1.29. The molecule has 7 N–H and O–H groups in total. The zero-order valence-corrected chi connectivity index (χ0v) is 21.5. The van der Waals surface area contributed by atoms with Crippen molar-refractivity contribution in [3.05, 3.63) is 51.6 Å². The Hall–Kier alpha value is -3.46. The van der Waals surface area contributed by atoms with Crippen molar-refractivity contribution in [3.63, 3.8) is 0 Å². The number of halogens is 1. The van der Waals surface area contributed by atoms with Gasteiger partial charge in [0.15, 0.2) is 12.1 Å². The number of phenols is 2. The van der Waals surface area contributed by atoms with Crippen molar-refractivity contribution in [1.29, 1.82) is 0 Å². The number of hydrogen-bond donors (Lipinski definition) is 6. The van der Waals surface area contributed by atoms with E-state index in [4.69, 9.17) is 19.9 Å². The normalized spacial score (nSPS) is 30.2. The number of ether oxygens (including phenoxy) is 3. The van der Waals surface area contributed by atoms with Crippen LogP contribution in [0, 0.1) is 0 Å². The molecular weight excluding hydrogens is 533 g/mol. The number of methoxy groups -OCH3 is 1. The van der Waals surface area contributed by atoms with Gasteiger partial charge in [0, 0.05) is 42.0 Å². The number of phenolic OH excluding ortho intramolecular Hbond substituents is 2. The van der Waals surface area contributed by atoms with Gasteiger partial charge in [-0.2, -0.15) is 0 Å². The van der Waals surface area contributed by atoms with Gasteiger partial charge in [0.2, 0.25) is 11.6 Å². The number of aromatic hydroxyl groups is 2. The average molecular weight is 562 g/mol. The van der Waals surface area contributed by atoms with E-state index in [0.717, 1.165) is 0 Å². The quantitative estimate of drug-likeness (QED) is 0.233. The summed E-state index contributed by atoms with van der Waals surface area (Å²) in [4.78, 5) is 39.7. The second kappa shape index (κ2) is 9.87. The molecule has 1 saturated heterocycles. The first-order valence-electron chi connectivity index (χ1n) is 12.5. The molecular formula is C27H28FNO11. The van der Waals surface area contributed by atoms with Gasteiger partial charge in [0.05, 0.1) is 42.1 Å². The first-order valence-corrected chi connectivity index (χ1v) is 12.5. The second-order valence-corrected chi connectivity index (χ2v) is 10.3. The highest BCUT2D eigenvalue weighted by Crippen LogP contribution is 2.52. The minimum atomic E-state index is -3.09. The minimum absolute atomic E-state index is 0.0555. The van der Waals surface area contributed by atoms with Crippen molar-refractivity contribution in [2.24, 2.45) is 5.73 Å². The van der Waals surface area contributed by atoms with Crippen LogP contribution in [-0.4, -0.2) is 86.5 Å². The molecule has 40 heavy (non-hydrogen) atoms. The predicted molar refractivity (Wildman–Crippen MR) is 132 cm³/mol. The van der Waals surface area contributed by atoms with Crippen LogP contribution in [0.15, 0.2) is 18.2 Å². The van der Waals surface area contributed by atoms with Gasteiger partial charge in [-0.25, -0.2) is 4.39 Å². The lowest BCUT2D eigenvalue weighted by Crippen LogP contribution is -2.53. The van der Waals surface area contributed by atoms with Gasteiger partial charge in [0.25, 0.3) is 6.36 Å². The lowest BCUT2D eigenvalue weighted by Gasteiger charge is -2.42. The molecule has 0 amide bonds. The Morgan fingerprint density at radius 1 is 1.18 bits per heavy atom. The molecule has 5 rings (SSSR count). The van der Waals surface area contributed by atoms with Gasteiger partial charge in [-0.15, -0.1) is 0 Å². The summed E-state index contributed by atoms with van der Waals surface area (Å²) in [6.45, 7) is 1.53. The molecule has 1 fully saturated rings. The van der Waals surface area contributed by atoms with Crippen molar-refractivity contribution in [2.75, 3.05) is 7.11 Å². The van der Waals surface area contributed by atoms with Gasteiger partial charge in [-0.05, 0) is 13.0 Å². The van der Waals surface area contributed by atoms with E-state index in [1.165, 1.54) is 32.2 Å². The molecule has 0 bridgehead atoms. The Balaban J connectivity index is 1.69. The Labute approximate surface area is 226 Å². The standard InChI is InChI=1S/C27H28FNO11/c1-9-20(30)12(29)6-15(39-9)40-14-8-27(37,25(35)26(28)36)7-11-17(14)24(34)19-18(22(11)32)21(31)10-4-3-5-13(38-2)16(10)23(19)33/h3-5,9,12,14-15,20,26,30,32,34,36-37H,6-8,29H2,1-2H3/t9-,12-,14-,15-,20+,26?,27-/m0/s1. The number of rotatable bonds is 5. The van der Waals surface area contributed by atoms with E-state index >= 15 is 0 Å². The number of alkyl halides is 1. The topological polar surface area (TPSA) is 206 Å². The summed E-state index contributed by atoms with van der Waals surface area (Å²) in [5.74, 6) is -4.84. The Morgan fingerprint density at radius 3 is 2.48 bits per heavy atom. The maximum atomic E-state index is 13.7. The van der Waals surface area contributed by atoms with Crippen LogP contribution in [0.25, 0.3) is 0 Å². The maximum Gasteiger partial charge on any atom is 0.258 e. The molecule has 12 nitrogen and oxygen atoms in total. The Bertz CT molecular complexity index is 1410. The van der Waals surface area contributed by atoms with Crippen molar-refractivity contribution < 1.29 is 58.5 Å². The Kier molecular flexibility index (Phi) is 6.93. The summed E-state index contributed by atoms with van der Waals surface area (Å²) < 4.78 is 30.6. The number of benzene rings is 2. The molecule has 0 saturated carbocycles. The van der Waals surface area contributed by atoms with Crippen LogP contribution >= 0.6 is 0 Å². The summed E-state index contributed by atoms with van der Waals surface area (Å²) in [6, 6.07) is 3.45. The molecule has 3 aliphatic rings. The monoisotopic (exact) mass is 561 g/mol. The van der Waals surface area contributed by atoms with Crippen LogP contribution in [-0.2, 0) is 20.7 Å². The van der Waals surface area contributed by atoms with Gasteiger partial charge in [0.1, 0.15) is 22.8 Å². The van der Waals surface area contributed by atoms with Crippen LogP contribution in [0.5, 0.6) is 17.2 Å². The third kappa shape index (κ3) is 4.17. The molecule has 0 radical (unpaired) electrons. The van der Waals surface area contributed by atoms with Crippen molar-refractivity contribution in [2.45, 2.75) is 68.8 Å². The highest BCUT2D eigenvalue weighted by Gasteiger charge is 2.51. The van der Waals surface area contributed by atoms with Crippen LogP contribution in [0.3, 0.4) is 0 Å². The molecule has 7 atom stereocenters. The number of carbonyl (C=O) groups excluding carboxylic acids is 3. The molecule has 2 aromatic rings. The van der Waals surface area contributed by atoms with Gasteiger partial charge in [-0.3, -0.25) is 14.4 Å². The molecule has 1 aliphatic heterocycles. The number of aliphatic hydroxyl groups excluding tert-OH is 2. The molecule has 2 aliphatic carbocycles. The van der Waals surface area contributed by atoms with E-state index in [1.54, 1.807) is 0 Å². The fourth-order valence-corrected chi connectivity index (χ4v) is 5.80. The predicted octanol–water partition coefficient (Wildman–Crippen LogP) is 0.297. The number of Topliss-reactive ketones (excluding diaryl/α,β-unsaturated/α-hetero) is 1. The first-order chi connectivity index (χ1) is 18.8. The summed E-state index contributed by atoms with van der Waals surface area (Å²) >= 11 is 0. The largest absolute Gasteiger partial charge is 0.507 e. The van der Waals surface area contributed by atoms with Crippen LogP contribution in [0.1, 0.15) is 68.8 Å². The molecule has 0 aromatic heterocycles. The number of aliphatic hydroxyl groups is 3. The van der Waals surface area contributed by atoms with E-state index in [0.29, 0.717) is 0 Å². The summed E-state index contributed by atoms with van der Waals surface area (Å²) in [6.07, 6.45) is -9.18. The van der Waals surface area contributed by atoms with E-state index in [2.05, 4.69) is 0 Å². The summed E-state index contributed by atoms with van der Waals surface area (Å²) in [5, 5.41) is 53.4. The SMILES string of the molecule is COc1cccc2c1C(=O)c1c(O)c3c(c(O)c1C2=O)C[C@@](O)(C(=O)C(O)F)C[C@@H]3O[C@H]1C[C@H](N)[C@H](O)[C@H](C)O1. The molecule has 13 heteroatoms. The highest BCUT2D eigenvalue weighted by molar-refractivity contribution is 6.31. The number of fused-ring (bicyclic) bond motifs is 3. The number of ketones is 3. The second-order valence-electron chi connectivity index (χ2n) is 10.3. The lowest BCUT2D eigenvalue weighted by atomic mass is 9.71. The summed E-state index contributed by atoms with van der Waals surface area (Å²) in [5.41, 5.74) is 1.36. The van der Waals surface area contributed by atoms with Crippen LogP contribution < -0.4 is 10.5 Å². The van der Waals surface area contributed by atoms with Crippen LogP contribution in [0.2, 0.25) is 0 Å². The molecule has 1 unspecified atom stereocenters. The smallest absolute Gasteiger partial charge is 0.258 e.